The summed E-state index contributed by atoms with van der Waals surface area (Å²) < 4.78 is 10.4. The Kier molecular flexibility index (Phi) is 11.3. The van der Waals surface area contributed by atoms with Crippen LogP contribution in [-0.4, -0.2) is 9.13 Å². The molecule has 5 heterocycles. The first-order chi connectivity index (χ1) is 24.4. The van der Waals surface area contributed by atoms with Gasteiger partial charge in [-0.15, -0.1) is 34.0 Å². The Bertz CT molecular complexity index is 2280. The van der Waals surface area contributed by atoms with Crippen molar-refractivity contribution >= 4 is 86.5 Å². The number of rotatable bonds is 14. The van der Waals surface area contributed by atoms with Gasteiger partial charge in [0.25, 0.3) is 0 Å². The fourth-order valence-electron chi connectivity index (χ4n) is 7.55. The maximum absolute atomic E-state index is 9.58. The molecule has 0 spiro atoms. The molecule has 2 unspecified atom stereocenters. The Morgan fingerprint density at radius 3 is 1.86 bits per heavy atom. The number of hydrogen-bond acceptors (Lipinski definition) is 7. The standard InChI is InChI=1S/C41H44N6S3/c1-5-9-12-26(7-3)24-46-33-18-32(16-28(20-42)21-43)48-38(33)40-36(46)37-41(50-40)39-34(47(37)25-27(8-4)13-10-6-2)19-35(49-39)30-15-11-14-29(17-30)31(22-44)23-45/h16-19,26-27H,5-15,24-25H2,1-4H3. The van der Waals surface area contributed by atoms with Gasteiger partial charge < -0.3 is 9.13 Å². The van der Waals surface area contributed by atoms with Crippen LogP contribution in [0.5, 0.6) is 0 Å². The lowest BCUT2D eigenvalue weighted by Gasteiger charge is -2.19. The Hall–Kier alpha value is -4.12. The highest BCUT2D eigenvalue weighted by atomic mass is 32.1. The van der Waals surface area contributed by atoms with Gasteiger partial charge in [-0.05, 0) is 73.3 Å². The van der Waals surface area contributed by atoms with Gasteiger partial charge in [-0.3, -0.25) is 0 Å². The van der Waals surface area contributed by atoms with Crippen LogP contribution in [0.1, 0.15) is 108 Å². The van der Waals surface area contributed by atoms with Crippen molar-refractivity contribution in [1.29, 1.82) is 21.0 Å². The molecule has 1 aliphatic carbocycles. The number of nitrogens with zero attached hydrogens (tertiary/aromatic N) is 6. The Balaban J connectivity index is 1.62. The number of nitriles is 4. The summed E-state index contributed by atoms with van der Waals surface area (Å²) in [6.07, 6.45) is 16.0. The van der Waals surface area contributed by atoms with E-state index in [4.69, 9.17) is 0 Å². The third-order valence-electron chi connectivity index (χ3n) is 10.4. The second-order valence-corrected chi connectivity index (χ2v) is 16.8. The van der Waals surface area contributed by atoms with Gasteiger partial charge in [-0.2, -0.15) is 21.0 Å². The molecule has 6 rings (SSSR count). The highest BCUT2D eigenvalue weighted by molar-refractivity contribution is 7.34. The Labute approximate surface area is 307 Å². The van der Waals surface area contributed by atoms with Crippen LogP contribution in [0.2, 0.25) is 0 Å². The average molecular weight is 717 g/mol. The quantitative estimate of drug-likeness (QED) is 0.107. The highest BCUT2D eigenvalue weighted by Gasteiger charge is 2.28. The number of aromatic nitrogens is 2. The molecular formula is C41H44N6S3. The predicted octanol–water partition coefficient (Wildman–Crippen LogP) is 12.9. The zero-order valence-electron chi connectivity index (χ0n) is 29.6. The molecule has 1 aliphatic rings. The summed E-state index contributed by atoms with van der Waals surface area (Å²) >= 11 is 5.45. The molecule has 0 N–H and O–H groups in total. The lowest BCUT2D eigenvalue weighted by molar-refractivity contribution is 0.398. The molecule has 0 bridgehead atoms. The maximum atomic E-state index is 9.58. The molecule has 9 heteroatoms. The van der Waals surface area contributed by atoms with Crippen LogP contribution in [0.25, 0.3) is 52.5 Å². The number of fused-ring (bicyclic) bond motifs is 7. The summed E-state index contributed by atoms with van der Waals surface area (Å²) in [6.45, 7) is 11.1. The SMILES string of the molecule is CCCCC(CC)Cn1c2cc(C=C(C#N)C#N)sc2c2sc3c4sc(C5=CC(=C(C#N)C#N)CCC5)cc4n(CC(CC)CCCC)c3c21. The number of unbranched alkanes of at least 4 members (excludes halogenated alkanes) is 2. The summed E-state index contributed by atoms with van der Waals surface area (Å²) in [5.74, 6) is 1.14. The Morgan fingerprint density at radius 1 is 0.740 bits per heavy atom. The summed E-state index contributed by atoms with van der Waals surface area (Å²) in [7, 11) is 0. The second-order valence-electron chi connectivity index (χ2n) is 13.6. The number of allylic oxidation sites excluding steroid dienone is 5. The molecular weight excluding hydrogens is 673 g/mol. The molecule has 0 aromatic carbocycles. The second kappa shape index (κ2) is 15.8. The molecule has 0 saturated carbocycles. The van der Waals surface area contributed by atoms with Crippen LogP contribution in [0, 0.1) is 57.2 Å². The summed E-state index contributed by atoms with van der Waals surface area (Å²) in [6, 6.07) is 12.9. The highest BCUT2D eigenvalue weighted by Crippen LogP contribution is 2.51. The molecule has 0 radical (unpaired) electrons. The van der Waals surface area contributed by atoms with E-state index in [1.54, 1.807) is 17.4 Å². The van der Waals surface area contributed by atoms with Crippen LogP contribution >= 0.6 is 34.0 Å². The van der Waals surface area contributed by atoms with Gasteiger partial charge in [0.2, 0.25) is 0 Å². The van der Waals surface area contributed by atoms with Crippen molar-refractivity contribution in [3.8, 4) is 24.3 Å². The fourth-order valence-corrected chi connectivity index (χ4v) is 11.4. The maximum Gasteiger partial charge on any atom is 0.132 e. The number of hydrogen-bond donors (Lipinski definition) is 0. The van der Waals surface area contributed by atoms with Crippen LogP contribution in [-0.2, 0) is 13.1 Å². The van der Waals surface area contributed by atoms with E-state index in [1.807, 2.05) is 34.8 Å². The lowest BCUT2D eigenvalue weighted by Crippen LogP contribution is -2.12. The van der Waals surface area contributed by atoms with Crippen molar-refractivity contribution in [1.82, 2.24) is 9.13 Å². The Morgan fingerprint density at radius 2 is 1.32 bits per heavy atom. The van der Waals surface area contributed by atoms with Gasteiger partial charge in [0, 0.05) is 22.8 Å². The van der Waals surface area contributed by atoms with Crippen molar-refractivity contribution < 1.29 is 0 Å². The van der Waals surface area contributed by atoms with Crippen molar-refractivity contribution in [2.75, 3.05) is 0 Å². The average Bonchev–Trinajstić information content (AvgIpc) is 3.94. The third-order valence-corrected chi connectivity index (χ3v) is 14.2. The first-order valence-electron chi connectivity index (χ1n) is 18.2. The fraction of sp³-hybridized carbons (Fsp3) is 0.463. The van der Waals surface area contributed by atoms with E-state index in [0.717, 1.165) is 55.6 Å². The van der Waals surface area contributed by atoms with Gasteiger partial charge in [0.1, 0.15) is 35.4 Å². The van der Waals surface area contributed by atoms with Crippen molar-refractivity contribution in [2.45, 2.75) is 111 Å². The molecule has 5 aromatic rings. The van der Waals surface area contributed by atoms with E-state index in [0.29, 0.717) is 11.8 Å². The summed E-state index contributed by atoms with van der Waals surface area (Å²) in [5, 5.41) is 38.2. The molecule has 0 amide bonds. The van der Waals surface area contributed by atoms with Crippen molar-refractivity contribution in [2.24, 2.45) is 11.8 Å². The van der Waals surface area contributed by atoms with E-state index in [-0.39, 0.29) is 11.1 Å². The van der Waals surface area contributed by atoms with E-state index in [2.05, 4.69) is 67.2 Å². The van der Waals surface area contributed by atoms with E-state index in [1.165, 1.54) is 89.8 Å². The number of thiophene rings is 3. The first kappa shape index (κ1) is 35.7. The van der Waals surface area contributed by atoms with Gasteiger partial charge in [-0.25, -0.2) is 0 Å². The van der Waals surface area contributed by atoms with E-state index < -0.39 is 0 Å². The molecule has 2 atom stereocenters. The van der Waals surface area contributed by atoms with Crippen molar-refractivity contribution in [3.63, 3.8) is 0 Å². The van der Waals surface area contributed by atoms with Gasteiger partial charge in [0.15, 0.2) is 0 Å². The largest absolute Gasteiger partial charge is 0.337 e. The van der Waals surface area contributed by atoms with Crippen LogP contribution in [0.4, 0.5) is 0 Å². The smallest absolute Gasteiger partial charge is 0.132 e. The zero-order chi connectivity index (χ0) is 35.4. The summed E-state index contributed by atoms with van der Waals surface area (Å²) in [5.41, 5.74) is 7.64. The minimum absolute atomic E-state index is 0.131. The van der Waals surface area contributed by atoms with Crippen molar-refractivity contribution in [3.05, 3.63) is 44.7 Å². The van der Waals surface area contributed by atoms with Crippen LogP contribution < -0.4 is 0 Å². The van der Waals surface area contributed by atoms with Gasteiger partial charge in [-0.1, -0.05) is 72.3 Å². The molecule has 0 saturated heterocycles. The molecule has 0 aliphatic heterocycles. The minimum atomic E-state index is 0.131. The molecule has 256 valence electrons. The van der Waals surface area contributed by atoms with Crippen LogP contribution in [0.3, 0.4) is 0 Å². The van der Waals surface area contributed by atoms with Gasteiger partial charge in [0.05, 0.1) is 40.9 Å². The van der Waals surface area contributed by atoms with E-state index in [9.17, 15) is 21.0 Å². The topological polar surface area (TPSA) is 105 Å². The normalized spacial score (nSPS) is 14.4. The third kappa shape index (κ3) is 6.68. The van der Waals surface area contributed by atoms with Crippen LogP contribution in [0.15, 0.2) is 34.9 Å². The predicted molar refractivity (Wildman–Crippen MR) is 212 cm³/mol. The molecule has 5 aromatic heterocycles. The lowest BCUT2D eigenvalue weighted by atomic mass is 9.92. The van der Waals surface area contributed by atoms with Gasteiger partial charge >= 0.3 is 0 Å². The molecule has 6 nitrogen and oxygen atoms in total. The monoisotopic (exact) mass is 716 g/mol. The zero-order valence-corrected chi connectivity index (χ0v) is 32.0. The van der Waals surface area contributed by atoms with E-state index >= 15 is 0 Å². The molecule has 50 heavy (non-hydrogen) atoms. The summed E-state index contributed by atoms with van der Waals surface area (Å²) in [4.78, 5) is 2.18. The first-order valence-corrected chi connectivity index (χ1v) is 20.6. The molecule has 0 fully saturated rings. The minimum Gasteiger partial charge on any atom is -0.337 e.